The van der Waals surface area contributed by atoms with Gasteiger partial charge >= 0.3 is 0 Å². The van der Waals surface area contributed by atoms with Crippen molar-refractivity contribution in [3.05, 3.63) is 11.5 Å². The minimum absolute atomic E-state index is 0.0402. The van der Waals surface area contributed by atoms with Crippen LogP contribution < -0.4 is 10.5 Å². The number of rotatable bonds is 5. The topological polar surface area (TPSA) is 98.2 Å². The lowest BCUT2D eigenvalue weighted by atomic mass is 10.0. The largest absolute Gasteiger partial charge is 0.392 e. The van der Waals surface area contributed by atoms with Crippen molar-refractivity contribution in [2.24, 2.45) is 5.73 Å². The zero-order valence-electron chi connectivity index (χ0n) is 10.8. The van der Waals surface area contributed by atoms with E-state index in [1.165, 1.54) is 0 Å². The van der Waals surface area contributed by atoms with E-state index in [0.29, 0.717) is 12.1 Å². The summed E-state index contributed by atoms with van der Waals surface area (Å²) in [5.41, 5.74) is 4.92. The number of nitrogens with two attached hydrogens (primary N) is 1. The molecule has 0 radical (unpaired) electrons. The molecule has 0 saturated carbocycles. The summed E-state index contributed by atoms with van der Waals surface area (Å²) in [6.07, 6.45) is 0.449. The van der Waals surface area contributed by atoms with Crippen molar-refractivity contribution < 1.29 is 12.9 Å². The van der Waals surface area contributed by atoms with E-state index in [0.717, 1.165) is 0 Å². The summed E-state index contributed by atoms with van der Waals surface area (Å²) in [6.45, 7) is 6.55. The average Bonchev–Trinajstić information content (AvgIpc) is 2.57. The quantitative estimate of drug-likeness (QED) is 0.786. The van der Waals surface area contributed by atoms with Crippen LogP contribution in [0, 0.1) is 13.8 Å². The lowest BCUT2D eigenvalue weighted by Gasteiger charge is -2.27. The van der Waals surface area contributed by atoms with Gasteiger partial charge in [-0.15, -0.1) is 0 Å². The smallest absolute Gasteiger partial charge is 0.246 e. The normalized spacial score (nSPS) is 15.3. The SMILES string of the molecule is CCC(C)(NS(=O)(=O)c1c(C)noc1C)C(N)=S. The number of sulfonamides is 1. The number of aromatic nitrogens is 1. The maximum atomic E-state index is 12.3. The molecule has 6 nitrogen and oxygen atoms in total. The van der Waals surface area contributed by atoms with Crippen molar-refractivity contribution in [2.75, 3.05) is 0 Å². The highest BCUT2D eigenvalue weighted by Gasteiger charge is 2.34. The van der Waals surface area contributed by atoms with E-state index in [1.54, 1.807) is 27.7 Å². The highest BCUT2D eigenvalue weighted by atomic mass is 32.2. The predicted molar refractivity (Wildman–Crippen MR) is 71.8 cm³/mol. The predicted octanol–water partition coefficient (Wildman–Crippen LogP) is 1.02. The molecule has 0 spiro atoms. The molecule has 1 aromatic rings. The Kier molecular flexibility index (Phi) is 4.14. The van der Waals surface area contributed by atoms with Crippen molar-refractivity contribution in [3.8, 4) is 0 Å². The summed E-state index contributed by atoms with van der Waals surface area (Å²) >= 11 is 4.90. The first-order valence-corrected chi connectivity index (χ1v) is 7.30. The molecule has 18 heavy (non-hydrogen) atoms. The Hall–Kier alpha value is -0.990. The van der Waals surface area contributed by atoms with Gasteiger partial charge in [0.25, 0.3) is 0 Å². The van der Waals surface area contributed by atoms with Crippen LogP contribution >= 0.6 is 12.2 Å². The molecule has 1 aromatic heterocycles. The van der Waals surface area contributed by atoms with Crippen molar-refractivity contribution >= 4 is 27.2 Å². The van der Waals surface area contributed by atoms with Crippen LogP contribution in [0.3, 0.4) is 0 Å². The first-order valence-electron chi connectivity index (χ1n) is 5.41. The fourth-order valence-corrected chi connectivity index (χ4v) is 3.55. The van der Waals surface area contributed by atoms with Crippen LogP contribution in [0.4, 0.5) is 0 Å². The number of nitrogens with one attached hydrogen (secondary N) is 1. The van der Waals surface area contributed by atoms with Crippen LogP contribution in [0.1, 0.15) is 31.7 Å². The molecule has 8 heteroatoms. The van der Waals surface area contributed by atoms with Crippen LogP contribution in [-0.2, 0) is 10.0 Å². The first-order chi connectivity index (χ1) is 8.14. The van der Waals surface area contributed by atoms with Gasteiger partial charge in [-0.1, -0.05) is 24.3 Å². The van der Waals surface area contributed by atoms with Crippen LogP contribution in [0.25, 0.3) is 0 Å². The van der Waals surface area contributed by atoms with Gasteiger partial charge in [-0.2, -0.15) is 4.72 Å². The third-order valence-corrected chi connectivity index (χ3v) is 5.14. The van der Waals surface area contributed by atoms with E-state index < -0.39 is 15.6 Å². The minimum atomic E-state index is -3.77. The maximum Gasteiger partial charge on any atom is 0.246 e. The van der Waals surface area contributed by atoms with Gasteiger partial charge in [0.1, 0.15) is 10.6 Å². The lowest BCUT2D eigenvalue weighted by molar-refractivity contribution is 0.390. The fourth-order valence-electron chi connectivity index (χ4n) is 1.50. The minimum Gasteiger partial charge on any atom is -0.392 e. The van der Waals surface area contributed by atoms with E-state index in [4.69, 9.17) is 22.5 Å². The van der Waals surface area contributed by atoms with E-state index >= 15 is 0 Å². The van der Waals surface area contributed by atoms with Gasteiger partial charge in [0.15, 0.2) is 5.76 Å². The summed E-state index contributed by atoms with van der Waals surface area (Å²) in [5, 5.41) is 3.62. The molecule has 1 heterocycles. The standard InChI is InChI=1S/C10H17N3O3S2/c1-5-10(4,9(11)17)13-18(14,15)8-6(2)12-16-7(8)3/h13H,5H2,1-4H3,(H2,11,17). The Labute approximate surface area is 112 Å². The van der Waals surface area contributed by atoms with Crippen LogP contribution in [-0.4, -0.2) is 24.1 Å². The highest BCUT2D eigenvalue weighted by molar-refractivity contribution is 7.89. The second-order valence-electron chi connectivity index (χ2n) is 4.31. The molecule has 102 valence electrons. The van der Waals surface area contributed by atoms with Crippen LogP contribution in [0.15, 0.2) is 9.42 Å². The zero-order valence-corrected chi connectivity index (χ0v) is 12.4. The molecule has 0 amide bonds. The summed E-state index contributed by atoms with van der Waals surface area (Å²) in [4.78, 5) is 0.138. The molecule has 1 unspecified atom stereocenters. The second kappa shape index (κ2) is 4.94. The molecule has 1 rings (SSSR count). The van der Waals surface area contributed by atoms with Crippen molar-refractivity contribution in [1.29, 1.82) is 0 Å². The molecule has 0 bridgehead atoms. The van der Waals surface area contributed by atoms with Crippen molar-refractivity contribution in [1.82, 2.24) is 9.88 Å². The second-order valence-corrected chi connectivity index (χ2v) is 6.37. The summed E-state index contributed by atoms with van der Waals surface area (Å²) in [7, 11) is -3.77. The molecule has 1 atom stereocenters. The fraction of sp³-hybridized carbons (Fsp3) is 0.600. The van der Waals surface area contributed by atoms with E-state index in [1.807, 2.05) is 0 Å². The van der Waals surface area contributed by atoms with Crippen molar-refractivity contribution in [3.63, 3.8) is 0 Å². The molecule has 0 aliphatic heterocycles. The zero-order chi connectivity index (χ0) is 14.1. The Bertz CT molecular complexity index is 545. The number of hydrogen-bond donors (Lipinski definition) is 2. The Balaban J connectivity index is 3.22. The number of aryl methyl sites for hydroxylation is 2. The molecular formula is C10H17N3O3S2. The summed E-state index contributed by atoms with van der Waals surface area (Å²) in [5.74, 6) is 0.237. The number of hydrogen-bond acceptors (Lipinski definition) is 5. The molecule has 0 saturated heterocycles. The highest BCUT2D eigenvalue weighted by Crippen LogP contribution is 2.22. The monoisotopic (exact) mass is 291 g/mol. The third kappa shape index (κ3) is 2.70. The maximum absolute atomic E-state index is 12.3. The van der Waals surface area contributed by atoms with Gasteiger partial charge in [0.05, 0.1) is 10.5 Å². The van der Waals surface area contributed by atoms with E-state index in [9.17, 15) is 8.42 Å². The van der Waals surface area contributed by atoms with Gasteiger partial charge in [0, 0.05) is 0 Å². The summed E-state index contributed by atoms with van der Waals surface area (Å²) in [6, 6.07) is 0. The van der Waals surface area contributed by atoms with Gasteiger partial charge in [-0.25, -0.2) is 8.42 Å². The Morgan fingerprint density at radius 2 is 2.11 bits per heavy atom. The average molecular weight is 291 g/mol. The molecule has 3 N–H and O–H groups in total. The van der Waals surface area contributed by atoms with Crippen molar-refractivity contribution in [2.45, 2.75) is 44.6 Å². The molecule has 0 fully saturated rings. The van der Waals surface area contributed by atoms with Crippen LogP contribution in [0.2, 0.25) is 0 Å². The van der Waals surface area contributed by atoms with E-state index in [2.05, 4.69) is 9.88 Å². The number of thiocarbonyl (C=S) groups is 1. The van der Waals surface area contributed by atoms with Gasteiger partial charge in [0.2, 0.25) is 10.0 Å². The Morgan fingerprint density at radius 1 is 1.56 bits per heavy atom. The lowest BCUT2D eigenvalue weighted by Crippen LogP contribution is -2.54. The van der Waals surface area contributed by atoms with Crippen LogP contribution in [0.5, 0.6) is 0 Å². The molecule has 0 aliphatic carbocycles. The summed E-state index contributed by atoms with van der Waals surface area (Å²) < 4.78 is 31.9. The Morgan fingerprint density at radius 3 is 2.44 bits per heavy atom. The van der Waals surface area contributed by atoms with Gasteiger partial charge < -0.3 is 10.3 Å². The van der Waals surface area contributed by atoms with Gasteiger partial charge in [-0.3, -0.25) is 0 Å². The molecule has 0 aliphatic rings. The van der Waals surface area contributed by atoms with Gasteiger partial charge in [-0.05, 0) is 27.2 Å². The van der Waals surface area contributed by atoms with E-state index in [-0.39, 0.29) is 15.6 Å². The molecule has 0 aromatic carbocycles. The first kappa shape index (κ1) is 15.1. The third-order valence-electron chi connectivity index (χ3n) is 2.85. The molecular weight excluding hydrogens is 274 g/mol. The number of nitrogens with zero attached hydrogens (tertiary/aromatic N) is 1.